The number of allylic oxidation sites excluding steroid dienone is 5. The fourth-order valence-electron chi connectivity index (χ4n) is 15.5. The number of hydrogen-bond acceptors (Lipinski definition) is 12. The molecule has 5 atom stereocenters. The molecule has 0 aliphatic heterocycles. The van der Waals surface area contributed by atoms with Crippen molar-refractivity contribution in [2.75, 3.05) is 27.2 Å². The van der Waals surface area contributed by atoms with Crippen LogP contribution in [0.5, 0.6) is 0 Å². The highest BCUT2D eigenvalue weighted by Gasteiger charge is 2.38. The van der Waals surface area contributed by atoms with Crippen molar-refractivity contribution >= 4 is 117 Å². The highest BCUT2D eigenvalue weighted by molar-refractivity contribution is 7.90. The SMILES string of the molecule is C=Cc1c(C(=C)N(C)C)cccc1S(=O)(=O)N([B]C1CC([B]N(Cc2ccccc2B(O)O)Cc2c(/C=C\C)c(C)cc3ccccc23)CCCC([B]N(C/C(=C/C)c2ccccc2C)Cc2ccccc2B(O)O)CC([B]OCC2C(C)=C(/C=C\C)c3ccccc32)C1)Cc1ccccc1B(O)O. The molecule has 8 aromatic rings. The molecule has 10 rings (SSSR count). The maximum atomic E-state index is 16.4. The Morgan fingerprint density at radius 1 is 0.587 bits per heavy atom. The summed E-state index contributed by atoms with van der Waals surface area (Å²) in [5, 5.41) is 68.0. The third-order valence-corrected chi connectivity index (χ3v) is 22.5. The molecule has 5 unspecified atom stereocenters. The van der Waals surface area contributed by atoms with Gasteiger partial charge in [-0.2, -0.15) is 0 Å². The zero-order chi connectivity index (χ0) is 74.2. The van der Waals surface area contributed by atoms with E-state index in [0.29, 0.717) is 91.8 Å². The van der Waals surface area contributed by atoms with Crippen LogP contribution in [0.1, 0.15) is 139 Å². The standard InChI is InChI=1S/C83H97B7N4O9S/c1-11-29-72-58(6)47-62-32-16-21-39-75(62)78(72)55-93(53-64-34-18-25-44-81(64)89(97)98)85-66-36-27-37-67(84-92(52-63-33-17-24-43-80(63)88(95)96)51-61(13-3)71-38-20-15-31-57(71)5)49-69(87-103-56-79-59(7)73(30-12-2)76-40-22-23-41-77(76)79)50-68(48-66)86-94(54-65-35-19-26-45-82(65)90(99)100)104(101,102)83-46-28-42-74(70(83)14-4)60(8)91(9)10/h11-26,28-35,38-47,66-69,79,95-100H,4,8,27,36-37,48-56H2,1-3,5-7,9-10H3/b29-11-,30-12-,61-13-. The first-order chi connectivity index (χ1) is 50.1. The Labute approximate surface area is 622 Å². The van der Waals surface area contributed by atoms with Gasteiger partial charge < -0.3 is 49.3 Å². The lowest BCUT2D eigenvalue weighted by atomic mass is 9.53. The zero-order valence-electron chi connectivity index (χ0n) is 61.6. The molecule has 104 heavy (non-hydrogen) atoms. The van der Waals surface area contributed by atoms with Gasteiger partial charge in [0.15, 0.2) is 0 Å². The minimum atomic E-state index is -4.57. The maximum Gasteiger partial charge on any atom is 0.488 e. The second kappa shape index (κ2) is 37.0. The predicted octanol–water partition coefficient (Wildman–Crippen LogP) is 12.4. The molecule has 13 nitrogen and oxygen atoms in total. The normalized spacial score (nSPS) is 17.4. The Bertz CT molecular complexity index is 4550. The molecule has 0 aromatic heterocycles. The molecule has 0 saturated heterocycles. The van der Waals surface area contributed by atoms with Crippen molar-refractivity contribution in [1.29, 1.82) is 0 Å². The molecule has 2 aliphatic rings. The molecule has 0 amide bonds. The molecule has 0 spiro atoms. The van der Waals surface area contributed by atoms with Crippen LogP contribution in [0.4, 0.5) is 0 Å². The van der Waals surface area contributed by atoms with Crippen molar-refractivity contribution in [1.82, 2.24) is 18.7 Å². The summed E-state index contributed by atoms with van der Waals surface area (Å²) in [4.78, 5) is 6.47. The lowest BCUT2D eigenvalue weighted by molar-refractivity contribution is 0.306. The van der Waals surface area contributed by atoms with E-state index in [9.17, 15) is 30.1 Å². The van der Waals surface area contributed by atoms with Crippen LogP contribution in [0.15, 0.2) is 218 Å². The number of sulfonamides is 1. The van der Waals surface area contributed by atoms with Crippen LogP contribution in [-0.4, -0.2) is 136 Å². The number of hydrogen-bond donors (Lipinski definition) is 6. The lowest BCUT2D eigenvalue weighted by Crippen LogP contribution is -2.42. The Balaban J connectivity index is 1.15. The smallest absolute Gasteiger partial charge is 0.439 e. The van der Waals surface area contributed by atoms with Crippen molar-refractivity contribution in [3.8, 4) is 0 Å². The first-order valence-electron chi connectivity index (χ1n) is 36.3. The van der Waals surface area contributed by atoms with Gasteiger partial charge in [-0.05, 0) is 147 Å². The monoisotopic (exact) mass is 1400 g/mol. The summed E-state index contributed by atoms with van der Waals surface area (Å²) in [6, 6.07) is 54.4. The fraction of sp³-hybridized carbons (Fsp3) is 0.301. The van der Waals surface area contributed by atoms with E-state index in [1.165, 1.54) is 26.5 Å². The van der Waals surface area contributed by atoms with Gasteiger partial charge in [0.25, 0.3) is 7.48 Å². The van der Waals surface area contributed by atoms with Crippen molar-refractivity contribution in [2.45, 2.75) is 140 Å². The summed E-state index contributed by atoms with van der Waals surface area (Å²) >= 11 is 0. The number of nitrogens with zero attached hydrogens (tertiary/aromatic N) is 4. The van der Waals surface area contributed by atoms with Crippen molar-refractivity contribution < 1.29 is 43.2 Å². The first kappa shape index (κ1) is 78.8. The summed E-state index contributed by atoms with van der Waals surface area (Å²) in [6.07, 6.45) is 15.8. The van der Waals surface area contributed by atoms with Gasteiger partial charge in [0.05, 0.1) is 4.90 Å². The predicted molar refractivity (Wildman–Crippen MR) is 437 cm³/mol. The van der Waals surface area contributed by atoms with E-state index in [0.717, 1.165) is 68.1 Å². The van der Waals surface area contributed by atoms with Gasteiger partial charge in [-0.3, -0.25) is 0 Å². The van der Waals surface area contributed by atoms with E-state index in [4.69, 9.17) is 4.65 Å². The molecule has 2 aliphatic carbocycles. The van der Waals surface area contributed by atoms with Crippen LogP contribution in [0, 0.1) is 13.8 Å². The van der Waals surface area contributed by atoms with Crippen LogP contribution in [-0.2, 0) is 40.9 Å². The van der Waals surface area contributed by atoms with Crippen LogP contribution in [0.3, 0.4) is 0 Å². The Kier molecular flexibility index (Phi) is 28.0. The van der Waals surface area contributed by atoms with Gasteiger partial charge in [-0.25, -0.2) is 12.6 Å². The zero-order valence-corrected chi connectivity index (χ0v) is 62.4. The van der Waals surface area contributed by atoms with E-state index in [1.54, 1.807) is 54.6 Å². The van der Waals surface area contributed by atoms with E-state index < -0.39 is 37.2 Å². The Morgan fingerprint density at radius 2 is 1.13 bits per heavy atom. The number of aryl methyl sites for hydroxylation is 2. The summed E-state index contributed by atoms with van der Waals surface area (Å²) in [5.41, 5.74) is 15.9. The minimum Gasteiger partial charge on any atom is -0.439 e. The average Bonchev–Trinajstić information content (AvgIpc) is 1.63. The molecule has 4 radical (unpaired) electrons. The molecule has 0 heterocycles. The van der Waals surface area contributed by atoms with Gasteiger partial charge in [-0.15, -0.1) is 0 Å². The molecule has 1 fully saturated rings. The largest absolute Gasteiger partial charge is 0.488 e. The molecule has 0 bridgehead atoms. The van der Waals surface area contributed by atoms with E-state index in [1.807, 2.05) is 96.3 Å². The molecular weight excluding hydrogens is 1300 g/mol. The Morgan fingerprint density at radius 3 is 1.75 bits per heavy atom. The van der Waals surface area contributed by atoms with E-state index in [2.05, 4.69) is 168 Å². The van der Waals surface area contributed by atoms with Crippen molar-refractivity contribution in [3.05, 3.63) is 280 Å². The fourth-order valence-corrected chi connectivity index (χ4v) is 17.1. The van der Waals surface area contributed by atoms with Gasteiger partial charge in [0.2, 0.25) is 32.3 Å². The van der Waals surface area contributed by atoms with E-state index >= 15 is 8.42 Å². The van der Waals surface area contributed by atoms with Gasteiger partial charge in [0, 0.05) is 76.2 Å². The summed E-state index contributed by atoms with van der Waals surface area (Å²) in [6.45, 7) is 22.8. The van der Waals surface area contributed by atoms with Crippen LogP contribution >= 0.6 is 0 Å². The molecule has 8 aromatic carbocycles. The van der Waals surface area contributed by atoms with Gasteiger partial charge >= 0.3 is 21.4 Å². The first-order valence-corrected chi connectivity index (χ1v) is 37.8. The number of fused-ring (bicyclic) bond motifs is 2. The van der Waals surface area contributed by atoms with Crippen LogP contribution in [0.2, 0.25) is 23.3 Å². The van der Waals surface area contributed by atoms with Crippen LogP contribution in [0.25, 0.3) is 39.8 Å². The maximum absolute atomic E-state index is 16.4. The third kappa shape index (κ3) is 19.3. The second-order valence-corrected chi connectivity index (χ2v) is 30.0. The topological polar surface area (TPSA) is 178 Å². The van der Waals surface area contributed by atoms with Crippen molar-refractivity contribution in [2.24, 2.45) is 0 Å². The summed E-state index contributed by atoms with van der Waals surface area (Å²) in [5.74, 6) is -1.25. The van der Waals surface area contributed by atoms with Gasteiger partial charge in [0.1, 0.15) is 0 Å². The number of benzene rings is 8. The number of rotatable bonds is 31. The highest BCUT2D eigenvalue weighted by atomic mass is 32.2. The van der Waals surface area contributed by atoms with Crippen LogP contribution < -0.4 is 16.4 Å². The third-order valence-electron chi connectivity index (χ3n) is 20.7. The molecule has 530 valence electrons. The molecule has 21 heteroatoms. The minimum absolute atomic E-state index is 0.00715. The molecule has 1 saturated carbocycles. The lowest BCUT2D eigenvalue weighted by Gasteiger charge is -2.36. The van der Waals surface area contributed by atoms with Crippen molar-refractivity contribution in [3.63, 3.8) is 0 Å². The Hall–Kier alpha value is -7.74. The quantitative estimate of drug-likeness (QED) is 0.0227. The molecule has 6 N–H and O–H groups in total. The summed E-state index contributed by atoms with van der Waals surface area (Å²) < 4.78 is 41.4. The highest BCUT2D eigenvalue weighted by Crippen LogP contribution is 2.45. The molecular formula is C83H97B7N4O9S. The second-order valence-electron chi connectivity index (χ2n) is 28.1. The van der Waals surface area contributed by atoms with Gasteiger partial charge in [-0.1, -0.05) is 275 Å². The summed E-state index contributed by atoms with van der Waals surface area (Å²) in [7, 11) is 2.33. The average molecular weight is 1400 g/mol. The van der Waals surface area contributed by atoms with E-state index in [-0.39, 0.29) is 40.3 Å².